The van der Waals surface area contributed by atoms with Gasteiger partial charge < -0.3 is 15.6 Å². The van der Waals surface area contributed by atoms with Crippen molar-refractivity contribution >= 4 is 18.0 Å². The van der Waals surface area contributed by atoms with Crippen molar-refractivity contribution < 1.29 is 19.5 Å². The van der Waals surface area contributed by atoms with Crippen molar-refractivity contribution in [3.63, 3.8) is 0 Å². The van der Waals surface area contributed by atoms with Crippen LogP contribution < -0.4 is 5.73 Å². The van der Waals surface area contributed by atoms with Crippen molar-refractivity contribution in [2.75, 3.05) is 0 Å². The molecule has 2 atom stereocenters. The van der Waals surface area contributed by atoms with Crippen LogP contribution in [-0.2, 0) is 14.4 Å². The van der Waals surface area contributed by atoms with E-state index in [0.29, 0.717) is 12.7 Å². The van der Waals surface area contributed by atoms with Gasteiger partial charge in [0, 0.05) is 6.42 Å². The first-order chi connectivity index (χ1) is 13.5. The van der Waals surface area contributed by atoms with Crippen molar-refractivity contribution in [1.29, 1.82) is 0 Å². The molecule has 0 heterocycles. The number of Topliss-reactive ketones (excluding diaryl/α,β-unsaturated/α-hetero) is 1. The summed E-state index contributed by atoms with van der Waals surface area (Å²) >= 11 is 0. The lowest BCUT2D eigenvalue weighted by molar-refractivity contribution is -0.138. The van der Waals surface area contributed by atoms with Crippen LogP contribution in [0.25, 0.3) is 0 Å². The Morgan fingerprint density at radius 1 is 0.786 bits per heavy atom. The minimum Gasteiger partial charge on any atom is -0.480 e. The van der Waals surface area contributed by atoms with Gasteiger partial charge in [-0.15, -0.1) is 0 Å². The first kappa shape index (κ1) is 26.8. The summed E-state index contributed by atoms with van der Waals surface area (Å²) < 4.78 is 0. The van der Waals surface area contributed by atoms with E-state index in [1.54, 1.807) is 0 Å². The fourth-order valence-electron chi connectivity index (χ4n) is 3.47. The summed E-state index contributed by atoms with van der Waals surface area (Å²) in [6, 6.07) is -1.03. The third-order valence-electron chi connectivity index (χ3n) is 5.47. The van der Waals surface area contributed by atoms with Gasteiger partial charge in [-0.3, -0.25) is 9.59 Å². The van der Waals surface area contributed by atoms with Crippen LogP contribution in [0.4, 0.5) is 0 Å². The first-order valence-electron chi connectivity index (χ1n) is 11.5. The monoisotopic (exact) mass is 397 g/mol. The predicted octanol–water partition coefficient (Wildman–Crippen LogP) is 5.43. The van der Waals surface area contributed by atoms with Crippen LogP contribution in [0, 0.1) is 5.92 Å². The van der Waals surface area contributed by atoms with Crippen LogP contribution in [0.1, 0.15) is 116 Å². The van der Waals surface area contributed by atoms with Gasteiger partial charge in [-0.25, -0.2) is 0 Å². The lowest BCUT2D eigenvalue weighted by Gasteiger charge is -2.10. The molecule has 0 aliphatic rings. The molecule has 3 N–H and O–H groups in total. The molecule has 0 fully saturated rings. The quantitative estimate of drug-likeness (QED) is 0.153. The maximum atomic E-state index is 12.0. The molecule has 0 rings (SSSR count). The molecule has 1 unspecified atom stereocenters. The van der Waals surface area contributed by atoms with E-state index in [4.69, 9.17) is 10.8 Å². The summed E-state index contributed by atoms with van der Waals surface area (Å²) in [5.74, 6) is -1.89. The maximum Gasteiger partial charge on any atom is 0.320 e. The number of rotatable bonds is 21. The van der Waals surface area contributed by atoms with E-state index < -0.39 is 17.9 Å². The third-order valence-corrected chi connectivity index (χ3v) is 5.47. The number of ketones is 1. The topological polar surface area (TPSA) is 97.5 Å². The van der Waals surface area contributed by atoms with Gasteiger partial charge in [0.2, 0.25) is 0 Å². The SMILES string of the molecule is CCCCCCCCCCCCCCCCC(C=O)C(=O)CC[C@H](N)C(=O)O. The molecule has 0 saturated carbocycles. The van der Waals surface area contributed by atoms with E-state index >= 15 is 0 Å². The highest BCUT2D eigenvalue weighted by molar-refractivity contribution is 5.93. The van der Waals surface area contributed by atoms with E-state index in [2.05, 4.69) is 6.92 Å². The molecule has 0 bridgehead atoms. The molecule has 0 aromatic heterocycles. The molecule has 0 spiro atoms. The Labute approximate surface area is 171 Å². The molecule has 0 aromatic rings. The van der Waals surface area contributed by atoms with E-state index in [1.165, 1.54) is 70.6 Å². The van der Waals surface area contributed by atoms with Gasteiger partial charge in [0.15, 0.2) is 0 Å². The maximum absolute atomic E-state index is 12.0. The van der Waals surface area contributed by atoms with Gasteiger partial charge in [-0.2, -0.15) is 0 Å². The molecule has 164 valence electrons. The normalized spacial score (nSPS) is 13.2. The van der Waals surface area contributed by atoms with Gasteiger partial charge in [-0.05, 0) is 12.8 Å². The van der Waals surface area contributed by atoms with Crippen molar-refractivity contribution in [3.8, 4) is 0 Å². The number of aliphatic carboxylic acids is 1. The molecular formula is C23H43NO4. The number of carboxylic acids is 1. The van der Waals surface area contributed by atoms with E-state index in [0.717, 1.165) is 19.3 Å². The summed E-state index contributed by atoms with van der Waals surface area (Å²) in [5, 5.41) is 8.73. The van der Waals surface area contributed by atoms with E-state index in [1.807, 2.05) is 0 Å². The lowest BCUT2D eigenvalue weighted by Crippen LogP contribution is -2.31. The molecule has 0 radical (unpaired) electrons. The number of hydrogen-bond acceptors (Lipinski definition) is 4. The second-order valence-corrected chi connectivity index (χ2v) is 8.08. The molecule has 0 amide bonds. The van der Waals surface area contributed by atoms with E-state index in [9.17, 15) is 14.4 Å². The fourth-order valence-corrected chi connectivity index (χ4v) is 3.47. The highest BCUT2D eigenvalue weighted by atomic mass is 16.4. The Bertz CT molecular complexity index is 411. The van der Waals surface area contributed by atoms with E-state index in [-0.39, 0.29) is 18.6 Å². The van der Waals surface area contributed by atoms with Crippen molar-refractivity contribution in [2.45, 2.75) is 122 Å². The summed E-state index contributed by atoms with van der Waals surface area (Å²) in [6.45, 7) is 2.25. The van der Waals surface area contributed by atoms with Crippen LogP contribution in [0.5, 0.6) is 0 Å². The summed E-state index contributed by atoms with van der Waals surface area (Å²) in [5.41, 5.74) is 5.40. The number of nitrogens with two attached hydrogens (primary N) is 1. The van der Waals surface area contributed by atoms with Gasteiger partial charge in [-0.1, -0.05) is 96.8 Å². The lowest BCUT2D eigenvalue weighted by atomic mass is 9.94. The average Bonchev–Trinajstić information content (AvgIpc) is 2.68. The minimum atomic E-state index is -1.11. The van der Waals surface area contributed by atoms with Crippen molar-refractivity contribution in [3.05, 3.63) is 0 Å². The number of hydrogen-bond donors (Lipinski definition) is 2. The van der Waals surface area contributed by atoms with Crippen molar-refractivity contribution in [2.24, 2.45) is 11.7 Å². The average molecular weight is 398 g/mol. The van der Waals surface area contributed by atoms with Crippen LogP contribution >= 0.6 is 0 Å². The van der Waals surface area contributed by atoms with Crippen LogP contribution in [0.15, 0.2) is 0 Å². The van der Waals surface area contributed by atoms with Crippen molar-refractivity contribution in [1.82, 2.24) is 0 Å². The molecular weight excluding hydrogens is 354 g/mol. The molecule has 28 heavy (non-hydrogen) atoms. The number of unbranched alkanes of at least 4 members (excludes halogenated alkanes) is 13. The molecule has 0 saturated heterocycles. The summed E-state index contributed by atoms with van der Waals surface area (Å²) in [7, 11) is 0. The van der Waals surface area contributed by atoms with Gasteiger partial charge >= 0.3 is 5.97 Å². The molecule has 0 aromatic carbocycles. The summed E-state index contributed by atoms with van der Waals surface area (Å²) in [6.07, 6.45) is 19.3. The largest absolute Gasteiger partial charge is 0.480 e. The number of carboxylic acid groups (broad SMARTS) is 1. The Morgan fingerprint density at radius 2 is 1.21 bits per heavy atom. The van der Waals surface area contributed by atoms with Gasteiger partial charge in [0.25, 0.3) is 0 Å². The highest BCUT2D eigenvalue weighted by Gasteiger charge is 2.20. The standard InChI is InChI=1S/C23H43NO4/c1-2-3-4-5-6-7-8-9-10-11-12-13-14-15-16-20(19-25)22(26)18-17-21(24)23(27)28/h19-21H,2-18,24H2,1H3,(H,27,28)/t20?,21-/m0/s1. The Morgan fingerprint density at radius 3 is 1.61 bits per heavy atom. The zero-order valence-corrected chi connectivity index (χ0v) is 18.0. The third kappa shape index (κ3) is 15.8. The smallest absolute Gasteiger partial charge is 0.320 e. The number of carbonyl (C=O) groups is 3. The minimum absolute atomic E-state index is 0.0650. The van der Waals surface area contributed by atoms with Crippen LogP contribution in [0.3, 0.4) is 0 Å². The van der Waals surface area contributed by atoms with Gasteiger partial charge in [0.05, 0.1) is 5.92 Å². The second kappa shape index (κ2) is 19.1. The predicted molar refractivity (Wildman–Crippen MR) is 114 cm³/mol. The second-order valence-electron chi connectivity index (χ2n) is 8.08. The number of carbonyl (C=O) groups excluding carboxylic acids is 2. The Hall–Kier alpha value is -1.23. The highest BCUT2D eigenvalue weighted by Crippen LogP contribution is 2.16. The van der Waals surface area contributed by atoms with Gasteiger partial charge in [0.1, 0.15) is 18.1 Å². The molecule has 5 nitrogen and oxygen atoms in total. The Balaban J connectivity index is 3.51. The number of aldehydes is 1. The molecule has 0 aliphatic carbocycles. The first-order valence-corrected chi connectivity index (χ1v) is 11.5. The fraction of sp³-hybridized carbons (Fsp3) is 0.870. The van der Waals surface area contributed by atoms with Crippen LogP contribution in [-0.4, -0.2) is 29.2 Å². The molecule has 5 heteroatoms. The summed E-state index contributed by atoms with van der Waals surface area (Å²) in [4.78, 5) is 33.8. The van der Waals surface area contributed by atoms with Crippen LogP contribution in [0.2, 0.25) is 0 Å². The zero-order valence-electron chi connectivity index (χ0n) is 18.0. The Kier molecular flexibility index (Phi) is 18.3. The molecule has 0 aliphatic heterocycles. The zero-order chi connectivity index (χ0) is 21.0.